The zero-order valence-corrected chi connectivity index (χ0v) is 11.2. The van der Waals surface area contributed by atoms with Crippen LogP contribution in [0.4, 0.5) is 8.78 Å². The number of rotatable bonds is 5. The number of thiazole rings is 1. The second-order valence-corrected chi connectivity index (χ2v) is 5.67. The average Bonchev–Trinajstić information content (AvgIpc) is 3.00. The second kappa shape index (κ2) is 5.30. The summed E-state index contributed by atoms with van der Waals surface area (Å²) in [7, 11) is 0. The fourth-order valence-electron chi connectivity index (χ4n) is 1.71. The molecule has 1 amide bonds. The van der Waals surface area contributed by atoms with Crippen molar-refractivity contribution < 1.29 is 13.6 Å². The zero-order valence-electron chi connectivity index (χ0n) is 10.4. The molecule has 0 radical (unpaired) electrons. The van der Waals surface area contributed by atoms with E-state index in [1.54, 1.807) is 0 Å². The average molecular weight is 274 g/mol. The maximum atomic E-state index is 12.5. The SMILES string of the molecule is CC(C)c1csc(C(=O)N(CC(F)F)C2CC2)n1. The largest absolute Gasteiger partial charge is 0.328 e. The van der Waals surface area contributed by atoms with E-state index in [2.05, 4.69) is 4.98 Å². The predicted molar refractivity (Wildman–Crippen MR) is 66.3 cm³/mol. The number of hydrogen-bond acceptors (Lipinski definition) is 3. The van der Waals surface area contributed by atoms with Crippen LogP contribution in [0.1, 0.15) is 48.1 Å². The number of amides is 1. The van der Waals surface area contributed by atoms with Gasteiger partial charge in [-0.2, -0.15) is 0 Å². The van der Waals surface area contributed by atoms with Gasteiger partial charge >= 0.3 is 0 Å². The van der Waals surface area contributed by atoms with Gasteiger partial charge in [0.05, 0.1) is 12.2 Å². The van der Waals surface area contributed by atoms with Crippen molar-refractivity contribution in [3.63, 3.8) is 0 Å². The van der Waals surface area contributed by atoms with Crippen molar-refractivity contribution in [2.45, 2.75) is 45.1 Å². The number of nitrogens with zero attached hydrogens (tertiary/aromatic N) is 2. The van der Waals surface area contributed by atoms with Crippen LogP contribution in [0.3, 0.4) is 0 Å². The minimum atomic E-state index is -2.49. The molecule has 1 heterocycles. The highest BCUT2D eigenvalue weighted by Gasteiger charge is 2.35. The van der Waals surface area contributed by atoms with Crippen LogP contribution in [0.5, 0.6) is 0 Å². The number of carbonyl (C=O) groups excluding carboxylic acids is 1. The van der Waals surface area contributed by atoms with E-state index in [0.29, 0.717) is 5.01 Å². The van der Waals surface area contributed by atoms with E-state index in [1.807, 2.05) is 19.2 Å². The van der Waals surface area contributed by atoms with Crippen LogP contribution in [0.2, 0.25) is 0 Å². The third-order valence-electron chi connectivity index (χ3n) is 2.88. The first-order valence-corrected chi connectivity index (χ1v) is 6.91. The van der Waals surface area contributed by atoms with Gasteiger partial charge in [0.15, 0.2) is 5.01 Å². The van der Waals surface area contributed by atoms with Crippen molar-refractivity contribution >= 4 is 17.2 Å². The lowest BCUT2D eigenvalue weighted by atomic mass is 10.2. The summed E-state index contributed by atoms with van der Waals surface area (Å²) in [6.07, 6.45) is -0.846. The molecule has 0 aromatic carbocycles. The summed E-state index contributed by atoms with van der Waals surface area (Å²) in [5.41, 5.74) is 0.844. The van der Waals surface area contributed by atoms with Crippen LogP contribution in [0.25, 0.3) is 0 Å². The molecule has 0 N–H and O–H groups in total. The summed E-state index contributed by atoms with van der Waals surface area (Å²) in [5, 5.41) is 2.15. The Morgan fingerprint density at radius 1 is 1.56 bits per heavy atom. The van der Waals surface area contributed by atoms with Crippen molar-refractivity contribution in [1.29, 1.82) is 0 Å². The molecular formula is C12H16F2N2OS. The van der Waals surface area contributed by atoms with E-state index < -0.39 is 13.0 Å². The van der Waals surface area contributed by atoms with Crippen LogP contribution >= 0.6 is 11.3 Å². The molecule has 0 bridgehead atoms. The van der Waals surface area contributed by atoms with Gasteiger partial charge in [0.2, 0.25) is 0 Å². The fraction of sp³-hybridized carbons (Fsp3) is 0.667. The van der Waals surface area contributed by atoms with Gasteiger partial charge < -0.3 is 4.90 Å². The highest BCUT2D eigenvalue weighted by molar-refractivity contribution is 7.11. The first-order chi connectivity index (χ1) is 8.49. The third kappa shape index (κ3) is 3.04. The highest BCUT2D eigenvalue weighted by atomic mass is 32.1. The number of aromatic nitrogens is 1. The Hall–Kier alpha value is -1.04. The van der Waals surface area contributed by atoms with E-state index in [-0.39, 0.29) is 17.9 Å². The number of carbonyl (C=O) groups is 1. The van der Waals surface area contributed by atoms with Gasteiger partial charge in [-0.05, 0) is 18.8 Å². The lowest BCUT2D eigenvalue weighted by molar-refractivity contribution is 0.0534. The Morgan fingerprint density at radius 2 is 2.22 bits per heavy atom. The molecule has 1 aromatic rings. The summed E-state index contributed by atoms with van der Waals surface area (Å²) in [6, 6.07) is -0.0158. The van der Waals surface area contributed by atoms with E-state index in [4.69, 9.17) is 0 Å². The van der Waals surface area contributed by atoms with Crippen molar-refractivity contribution in [3.8, 4) is 0 Å². The fourth-order valence-corrected chi connectivity index (χ4v) is 2.64. The van der Waals surface area contributed by atoms with Gasteiger partial charge in [-0.15, -0.1) is 11.3 Å². The van der Waals surface area contributed by atoms with Crippen LogP contribution in [0.15, 0.2) is 5.38 Å². The van der Waals surface area contributed by atoms with Crippen LogP contribution in [-0.4, -0.2) is 34.8 Å². The molecule has 1 saturated carbocycles. The molecule has 3 nitrogen and oxygen atoms in total. The molecule has 0 atom stereocenters. The standard InChI is InChI=1S/C12H16F2N2OS/c1-7(2)9-6-18-11(15-9)12(17)16(5-10(13)14)8-3-4-8/h6-8,10H,3-5H2,1-2H3. The Bertz CT molecular complexity index is 429. The monoisotopic (exact) mass is 274 g/mol. The van der Waals surface area contributed by atoms with Crippen molar-refractivity contribution in [2.24, 2.45) is 0 Å². The maximum Gasteiger partial charge on any atom is 0.283 e. The quantitative estimate of drug-likeness (QED) is 0.826. The number of hydrogen-bond donors (Lipinski definition) is 0. The van der Waals surface area contributed by atoms with Gasteiger partial charge in [-0.3, -0.25) is 4.79 Å². The number of halogens is 2. The molecule has 1 fully saturated rings. The summed E-state index contributed by atoms with van der Waals surface area (Å²) >= 11 is 1.24. The minimum absolute atomic E-state index is 0.0158. The Balaban J connectivity index is 2.11. The normalized spacial score (nSPS) is 15.4. The lowest BCUT2D eigenvalue weighted by Crippen LogP contribution is -2.36. The van der Waals surface area contributed by atoms with Crippen LogP contribution in [-0.2, 0) is 0 Å². The summed E-state index contributed by atoms with van der Waals surface area (Å²) in [5.74, 6) is -0.109. The first kappa shape index (κ1) is 13.4. The van der Waals surface area contributed by atoms with Crippen LogP contribution in [0, 0.1) is 0 Å². The molecule has 6 heteroatoms. The molecule has 1 aliphatic carbocycles. The third-order valence-corrected chi connectivity index (χ3v) is 3.73. The highest BCUT2D eigenvalue weighted by Crippen LogP contribution is 2.30. The van der Waals surface area contributed by atoms with E-state index >= 15 is 0 Å². The van der Waals surface area contributed by atoms with E-state index in [1.165, 1.54) is 16.2 Å². The smallest absolute Gasteiger partial charge is 0.283 e. The molecule has 2 rings (SSSR count). The molecule has 0 aliphatic heterocycles. The summed E-state index contributed by atoms with van der Waals surface area (Å²) < 4.78 is 24.9. The topological polar surface area (TPSA) is 33.2 Å². The van der Waals surface area contributed by atoms with Gasteiger partial charge in [0.25, 0.3) is 12.3 Å². The van der Waals surface area contributed by atoms with Gasteiger partial charge in [0, 0.05) is 11.4 Å². The minimum Gasteiger partial charge on any atom is -0.328 e. The van der Waals surface area contributed by atoms with E-state index in [9.17, 15) is 13.6 Å². The molecule has 1 aliphatic rings. The summed E-state index contributed by atoms with van der Waals surface area (Å²) in [4.78, 5) is 17.6. The Morgan fingerprint density at radius 3 is 2.67 bits per heavy atom. The Labute approximate surface area is 109 Å². The molecule has 1 aromatic heterocycles. The molecule has 100 valence electrons. The Kier molecular flexibility index (Phi) is 3.94. The first-order valence-electron chi connectivity index (χ1n) is 6.03. The lowest BCUT2D eigenvalue weighted by Gasteiger charge is -2.20. The zero-order chi connectivity index (χ0) is 13.3. The van der Waals surface area contributed by atoms with E-state index in [0.717, 1.165) is 18.5 Å². The molecule has 0 unspecified atom stereocenters. The molecule has 0 spiro atoms. The molecule has 18 heavy (non-hydrogen) atoms. The van der Waals surface area contributed by atoms with Crippen molar-refractivity contribution in [1.82, 2.24) is 9.88 Å². The van der Waals surface area contributed by atoms with Crippen molar-refractivity contribution in [3.05, 3.63) is 16.1 Å². The predicted octanol–water partition coefficient (Wildman–Crippen LogP) is 3.14. The van der Waals surface area contributed by atoms with Gasteiger partial charge in [-0.25, -0.2) is 13.8 Å². The second-order valence-electron chi connectivity index (χ2n) is 4.81. The van der Waals surface area contributed by atoms with Crippen LogP contribution < -0.4 is 0 Å². The molecule has 0 saturated heterocycles. The van der Waals surface area contributed by atoms with Crippen molar-refractivity contribution in [2.75, 3.05) is 6.54 Å². The van der Waals surface area contributed by atoms with Gasteiger partial charge in [0.1, 0.15) is 0 Å². The maximum absolute atomic E-state index is 12.5. The summed E-state index contributed by atoms with van der Waals surface area (Å²) in [6.45, 7) is 3.49. The molecular weight excluding hydrogens is 258 g/mol. The number of alkyl halides is 2. The van der Waals surface area contributed by atoms with Gasteiger partial charge in [-0.1, -0.05) is 13.8 Å².